The molecular weight excluding hydrogens is 460 g/mol. The number of benzene rings is 2. The Morgan fingerprint density at radius 3 is 2.22 bits per heavy atom. The predicted molar refractivity (Wildman–Crippen MR) is 137 cm³/mol. The number of hydrogen-bond acceptors (Lipinski definition) is 5. The molecule has 1 aliphatic rings. The van der Waals surface area contributed by atoms with Crippen LogP contribution in [0.2, 0.25) is 0 Å². The smallest absolute Gasteiger partial charge is 0.407 e. The number of amides is 4. The lowest BCUT2D eigenvalue weighted by atomic mass is 10.1. The Morgan fingerprint density at radius 2 is 1.61 bits per heavy atom. The van der Waals surface area contributed by atoms with E-state index in [9.17, 15) is 19.2 Å². The summed E-state index contributed by atoms with van der Waals surface area (Å²) in [4.78, 5) is 50.8. The van der Waals surface area contributed by atoms with Crippen molar-refractivity contribution >= 4 is 35.2 Å². The average Bonchev–Trinajstić information content (AvgIpc) is 3.21. The Balaban J connectivity index is 1.44. The summed E-state index contributed by atoms with van der Waals surface area (Å²) >= 11 is 0. The molecule has 1 saturated heterocycles. The summed E-state index contributed by atoms with van der Waals surface area (Å²) in [5.74, 6) is -0.942. The fraction of sp³-hybridized carbons (Fsp3) is 0.407. The highest BCUT2D eigenvalue weighted by Crippen LogP contribution is 2.29. The quantitative estimate of drug-likeness (QED) is 0.511. The van der Waals surface area contributed by atoms with E-state index in [4.69, 9.17) is 4.74 Å². The molecule has 0 spiro atoms. The van der Waals surface area contributed by atoms with Crippen molar-refractivity contribution in [1.29, 1.82) is 0 Å². The second kappa shape index (κ2) is 11.7. The normalized spacial score (nSPS) is 16.3. The molecule has 9 heteroatoms. The van der Waals surface area contributed by atoms with Gasteiger partial charge in [0.15, 0.2) is 0 Å². The SMILES string of the molecule is CC(c1ccccc1)N1CC(C(=O)Nc2ccc(NC(=O)CCNC(=O)OC(C)(C)C)cc2)CC1=O. The van der Waals surface area contributed by atoms with Gasteiger partial charge in [-0.2, -0.15) is 0 Å². The van der Waals surface area contributed by atoms with Crippen LogP contribution in [0.15, 0.2) is 54.6 Å². The first-order valence-corrected chi connectivity index (χ1v) is 12.0. The zero-order valence-electron chi connectivity index (χ0n) is 21.2. The summed E-state index contributed by atoms with van der Waals surface area (Å²) in [6.45, 7) is 7.77. The molecule has 36 heavy (non-hydrogen) atoms. The van der Waals surface area contributed by atoms with E-state index in [2.05, 4.69) is 16.0 Å². The van der Waals surface area contributed by atoms with Crippen molar-refractivity contribution in [3.63, 3.8) is 0 Å². The van der Waals surface area contributed by atoms with Crippen molar-refractivity contribution in [3.8, 4) is 0 Å². The molecule has 1 heterocycles. The van der Waals surface area contributed by atoms with Gasteiger partial charge >= 0.3 is 6.09 Å². The molecular formula is C27H34N4O5. The van der Waals surface area contributed by atoms with Gasteiger partial charge in [0.2, 0.25) is 17.7 Å². The number of rotatable bonds is 8. The van der Waals surface area contributed by atoms with Crippen molar-refractivity contribution in [1.82, 2.24) is 10.2 Å². The molecule has 1 fully saturated rings. The lowest BCUT2D eigenvalue weighted by molar-refractivity contribution is -0.129. The fourth-order valence-electron chi connectivity index (χ4n) is 3.89. The maximum absolute atomic E-state index is 12.8. The molecule has 0 aliphatic carbocycles. The lowest BCUT2D eigenvalue weighted by Crippen LogP contribution is -2.34. The van der Waals surface area contributed by atoms with Gasteiger partial charge in [0, 0.05) is 37.3 Å². The van der Waals surface area contributed by atoms with Crippen molar-refractivity contribution in [3.05, 3.63) is 60.2 Å². The second-order valence-electron chi connectivity index (χ2n) is 9.83. The zero-order chi connectivity index (χ0) is 26.3. The van der Waals surface area contributed by atoms with Crippen LogP contribution in [0.1, 0.15) is 52.1 Å². The first-order valence-electron chi connectivity index (χ1n) is 12.0. The Kier molecular flexibility index (Phi) is 8.68. The molecule has 2 aromatic rings. The van der Waals surface area contributed by atoms with Gasteiger partial charge in [-0.3, -0.25) is 14.4 Å². The highest BCUT2D eigenvalue weighted by atomic mass is 16.6. The zero-order valence-corrected chi connectivity index (χ0v) is 21.2. The Bertz CT molecular complexity index is 1080. The summed E-state index contributed by atoms with van der Waals surface area (Å²) in [6.07, 6.45) is -0.309. The number of nitrogens with zero attached hydrogens (tertiary/aromatic N) is 1. The molecule has 0 radical (unpaired) electrons. The van der Waals surface area contributed by atoms with Crippen LogP contribution < -0.4 is 16.0 Å². The molecule has 0 bridgehead atoms. The van der Waals surface area contributed by atoms with Gasteiger partial charge in [-0.25, -0.2) is 4.79 Å². The number of nitrogens with one attached hydrogen (secondary N) is 3. The molecule has 2 atom stereocenters. The molecule has 9 nitrogen and oxygen atoms in total. The lowest BCUT2D eigenvalue weighted by Gasteiger charge is -2.25. The molecule has 2 aromatic carbocycles. The van der Waals surface area contributed by atoms with Crippen LogP contribution in [0.25, 0.3) is 0 Å². The van der Waals surface area contributed by atoms with Crippen molar-refractivity contribution in [2.45, 2.75) is 52.2 Å². The van der Waals surface area contributed by atoms with Gasteiger partial charge in [-0.05, 0) is 57.5 Å². The topological polar surface area (TPSA) is 117 Å². The minimum absolute atomic E-state index is 0.0364. The molecule has 192 valence electrons. The van der Waals surface area contributed by atoms with Gasteiger partial charge in [0.1, 0.15) is 5.60 Å². The third kappa shape index (κ3) is 7.83. The predicted octanol–water partition coefficient (Wildman–Crippen LogP) is 4.09. The number of carbonyl (C=O) groups excluding carboxylic acids is 4. The van der Waals surface area contributed by atoms with Crippen LogP contribution in [-0.4, -0.2) is 47.4 Å². The molecule has 0 saturated carbocycles. The number of hydrogen-bond donors (Lipinski definition) is 3. The van der Waals surface area contributed by atoms with Crippen molar-refractivity contribution in [2.75, 3.05) is 23.7 Å². The largest absolute Gasteiger partial charge is 0.444 e. The third-order valence-corrected chi connectivity index (χ3v) is 5.74. The number of ether oxygens (including phenoxy) is 1. The van der Waals surface area contributed by atoms with E-state index in [1.807, 2.05) is 37.3 Å². The highest BCUT2D eigenvalue weighted by molar-refractivity contribution is 5.97. The standard InChI is InChI=1S/C27H34N4O5/c1-18(19-8-6-5-7-9-19)31-17-20(16-24(31)33)25(34)30-22-12-10-21(11-13-22)29-23(32)14-15-28-26(35)36-27(2,3)4/h5-13,18,20H,14-17H2,1-4H3,(H,28,35)(H,29,32)(H,30,34). The summed E-state index contributed by atoms with van der Waals surface area (Å²) in [6, 6.07) is 16.4. The van der Waals surface area contributed by atoms with Crippen LogP contribution in [-0.2, 0) is 19.1 Å². The maximum atomic E-state index is 12.8. The van der Waals surface area contributed by atoms with Crippen LogP contribution in [0.3, 0.4) is 0 Å². The molecule has 2 unspecified atom stereocenters. The monoisotopic (exact) mass is 494 g/mol. The molecule has 3 rings (SSSR count). The average molecular weight is 495 g/mol. The molecule has 3 N–H and O–H groups in total. The van der Waals surface area contributed by atoms with Crippen LogP contribution >= 0.6 is 0 Å². The Labute approximate surface area is 211 Å². The number of anilines is 2. The van der Waals surface area contributed by atoms with Gasteiger partial charge in [-0.1, -0.05) is 30.3 Å². The number of carbonyl (C=O) groups is 4. The molecule has 0 aromatic heterocycles. The van der Waals surface area contributed by atoms with E-state index in [0.29, 0.717) is 17.9 Å². The van der Waals surface area contributed by atoms with Crippen LogP contribution in [0.4, 0.5) is 16.2 Å². The first-order chi connectivity index (χ1) is 17.0. The minimum atomic E-state index is -0.600. The van der Waals surface area contributed by atoms with E-state index in [1.54, 1.807) is 49.9 Å². The summed E-state index contributed by atoms with van der Waals surface area (Å²) in [5, 5.41) is 8.14. The third-order valence-electron chi connectivity index (χ3n) is 5.74. The first kappa shape index (κ1) is 26.7. The van der Waals surface area contributed by atoms with Gasteiger partial charge in [0.25, 0.3) is 0 Å². The maximum Gasteiger partial charge on any atom is 0.407 e. The van der Waals surface area contributed by atoms with Gasteiger partial charge in [-0.15, -0.1) is 0 Å². The summed E-state index contributed by atoms with van der Waals surface area (Å²) < 4.78 is 5.13. The van der Waals surface area contributed by atoms with E-state index >= 15 is 0 Å². The number of likely N-dealkylation sites (tertiary alicyclic amines) is 1. The van der Waals surface area contributed by atoms with E-state index < -0.39 is 17.6 Å². The molecule has 1 aliphatic heterocycles. The van der Waals surface area contributed by atoms with Gasteiger partial charge in [0.05, 0.1) is 12.0 Å². The molecule has 4 amide bonds. The van der Waals surface area contributed by atoms with Crippen molar-refractivity contribution < 1.29 is 23.9 Å². The van der Waals surface area contributed by atoms with Crippen LogP contribution in [0.5, 0.6) is 0 Å². The fourth-order valence-corrected chi connectivity index (χ4v) is 3.89. The Hall–Kier alpha value is -3.88. The summed E-state index contributed by atoms with van der Waals surface area (Å²) in [7, 11) is 0. The summed E-state index contributed by atoms with van der Waals surface area (Å²) in [5.41, 5.74) is 1.57. The van der Waals surface area contributed by atoms with E-state index in [0.717, 1.165) is 5.56 Å². The minimum Gasteiger partial charge on any atom is -0.444 e. The van der Waals surface area contributed by atoms with E-state index in [-0.39, 0.29) is 43.1 Å². The Morgan fingerprint density at radius 1 is 1.00 bits per heavy atom. The second-order valence-corrected chi connectivity index (χ2v) is 9.83. The van der Waals surface area contributed by atoms with Gasteiger partial charge < -0.3 is 25.6 Å². The van der Waals surface area contributed by atoms with E-state index in [1.165, 1.54) is 0 Å². The number of alkyl carbamates (subject to hydrolysis) is 1. The van der Waals surface area contributed by atoms with Crippen LogP contribution in [0, 0.1) is 5.92 Å². The van der Waals surface area contributed by atoms with Crippen molar-refractivity contribution in [2.24, 2.45) is 5.92 Å². The highest BCUT2D eigenvalue weighted by Gasteiger charge is 2.37.